The fourth-order valence-corrected chi connectivity index (χ4v) is 1.13. The van der Waals surface area contributed by atoms with Crippen molar-refractivity contribution in [1.29, 1.82) is 5.26 Å². The summed E-state index contributed by atoms with van der Waals surface area (Å²) in [6.45, 7) is 12.7. The molecule has 0 aliphatic heterocycles. The minimum atomic E-state index is -0.00127. The lowest BCUT2D eigenvalue weighted by molar-refractivity contribution is 0.332. The van der Waals surface area contributed by atoms with Crippen LogP contribution in [0.1, 0.15) is 33.6 Å². The molecule has 0 amide bonds. The Bertz CT molecular complexity index is 193. The monoisotopic (exact) mass is 150 g/mol. The van der Waals surface area contributed by atoms with Gasteiger partial charge >= 0.3 is 0 Å². The number of hydrogen-bond acceptors (Lipinski definition) is 1. The molecule has 0 aliphatic rings. The van der Waals surface area contributed by atoms with Gasteiger partial charge in [0.05, 0.1) is 6.07 Å². The average Bonchev–Trinajstić information content (AvgIpc) is 1.86. The number of nitrogens with zero attached hydrogens (tertiary/aromatic N) is 2. The summed E-state index contributed by atoms with van der Waals surface area (Å²) < 4.78 is 0. The second-order valence-corrected chi connectivity index (χ2v) is 3.68. The van der Waals surface area contributed by atoms with E-state index < -0.39 is 0 Å². The van der Waals surface area contributed by atoms with Crippen molar-refractivity contribution in [3.8, 4) is 6.07 Å². The van der Waals surface area contributed by atoms with Gasteiger partial charge in [0.1, 0.15) is 0 Å². The highest BCUT2D eigenvalue weighted by atomic mass is 14.7. The van der Waals surface area contributed by atoms with Crippen molar-refractivity contribution in [2.45, 2.75) is 39.7 Å². The quantitative estimate of drug-likeness (QED) is 0.568. The van der Waals surface area contributed by atoms with Gasteiger partial charge in [0, 0.05) is 19.8 Å². The molecule has 0 heterocycles. The van der Waals surface area contributed by atoms with Gasteiger partial charge in [-0.3, -0.25) is 0 Å². The van der Waals surface area contributed by atoms with Crippen LogP contribution in [0.3, 0.4) is 0 Å². The van der Waals surface area contributed by atoms with Crippen LogP contribution in [0, 0.1) is 23.3 Å². The zero-order valence-corrected chi connectivity index (χ0v) is 7.39. The zero-order chi connectivity index (χ0) is 8.91. The normalized spacial score (nSPS) is 13.2. The Morgan fingerprint density at radius 2 is 2.18 bits per heavy atom. The highest BCUT2D eigenvalue weighted by Crippen LogP contribution is 2.26. The van der Waals surface area contributed by atoms with E-state index in [1.54, 1.807) is 0 Å². The molecule has 0 rings (SSSR count). The minimum absolute atomic E-state index is 0.00127. The molecule has 0 N–H and O–H groups in total. The van der Waals surface area contributed by atoms with E-state index in [9.17, 15) is 0 Å². The van der Waals surface area contributed by atoms with Gasteiger partial charge in [-0.1, -0.05) is 13.8 Å². The Kier molecular flexibility index (Phi) is 3.61. The second kappa shape index (κ2) is 3.98. The molecule has 0 radical (unpaired) electrons. The van der Waals surface area contributed by atoms with Gasteiger partial charge in [0.2, 0.25) is 6.04 Å². The lowest BCUT2D eigenvalue weighted by atomic mass is 9.84. The summed E-state index contributed by atoms with van der Waals surface area (Å²) >= 11 is 0. The predicted octanol–water partition coefficient (Wildman–Crippen LogP) is 2.62. The van der Waals surface area contributed by atoms with E-state index in [1.165, 1.54) is 0 Å². The van der Waals surface area contributed by atoms with E-state index in [2.05, 4.69) is 10.9 Å². The molecule has 60 valence electrons. The van der Waals surface area contributed by atoms with E-state index in [1.807, 2.05) is 20.8 Å². The largest absolute Gasteiger partial charge is 0.314 e. The summed E-state index contributed by atoms with van der Waals surface area (Å²) in [4.78, 5) is 3.40. The van der Waals surface area contributed by atoms with Crippen molar-refractivity contribution >= 4 is 0 Å². The highest BCUT2D eigenvalue weighted by Gasteiger charge is 2.23. The van der Waals surface area contributed by atoms with Crippen molar-refractivity contribution < 1.29 is 0 Å². The molecule has 0 saturated carbocycles. The maximum absolute atomic E-state index is 8.46. The van der Waals surface area contributed by atoms with E-state index in [0.717, 1.165) is 6.42 Å². The minimum Gasteiger partial charge on any atom is -0.314 e. The van der Waals surface area contributed by atoms with E-state index >= 15 is 0 Å². The lowest BCUT2D eigenvalue weighted by Gasteiger charge is -2.19. The molecule has 0 aromatic rings. The molecular weight excluding hydrogens is 136 g/mol. The first-order valence-corrected chi connectivity index (χ1v) is 3.75. The molecule has 0 fully saturated rings. The third kappa shape index (κ3) is 4.39. The van der Waals surface area contributed by atoms with Gasteiger partial charge in [0.25, 0.3) is 0 Å². The maximum Gasteiger partial charge on any atom is 0.221 e. The molecule has 0 saturated heterocycles. The summed E-state index contributed by atoms with van der Waals surface area (Å²) in [5, 5.41) is 8.46. The molecule has 0 spiro atoms. The van der Waals surface area contributed by atoms with Crippen molar-refractivity contribution in [3.05, 3.63) is 11.4 Å². The van der Waals surface area contributed by atoms with Crippen LogP contribution in [0.4, 0.5) is 0 Å². The molecular formula is C9H14N2. The van der Waals surface area contributed by atoms with Crippen LogP contribution in [0.15, 0.2) is 0 Å². The molecule has 2 heteroatoms. The van der Waals surface area contributed by atoms with Crippen molar-refractivity contribution in [3.63, 3.8) is 0 Å². The summed E-state index contributed by atoms with van der Waals surface area (Å²) in [5.41, 5.74) is -0.00127. The Balaban J connectivity index is 3.95. The molecule has 1 atom stereocenters. The third-order valence-corrected chi connectivity index (χ3v) is 1.63. The summed E-state index contributed by atoms with van der Waals surface area (Å²) in [6.07, 6.45) is 1.34. The van der Waals surface area contributed by atoms with Crippen LogP contribution >= 0.6 is 0 Å². The molecule has 0 aliphatic carbocycles. The fourth-order valence-electron chi connectivity index (χ4n) is 1.13. The standard InChI is InChI=1S/C9H14N2/c1-8(11-4)7-9(2,3)5-6-10/h8H,5,7H2,1-3H3. The molecule has 0 aromatic carbocycles. The molecule has 0 bridgehead atoms. The Morgan fingerprint density at radius 3 is 2.55 bits per heavy atom. The third-order valence-electron chi connectivity index (χ3n) is 1.63. The summed E-state index contributed by atoms with van der Waals surface area (Å²) in [7, 11) is 0. The molecule has 2 nitrogen and oxygen atoms in total. The van der Waals surface area contributed by atoms with Crippen LogP contribution in [0.5, 0.6) is 0 Å². The predicted molar refractivity (Wildman–Crippen MR) is 44.7 cm³/mol. The molecule has 0 aromatic heterocycles. The van der Waals surface area contributed by atoms with Crippen LogP contribution < -0.4 is 0 Å². The Hall–Kier alpha value is -1.02. The van der Waals surface area contributed by atoms with Gasteiger partial charge in [-0.15, -0.1) is 0 Å². The molecule has 1 unspecified atom stereocenters. The first kappa shape index (κ1) is 9.98. The lowest BCUT2D eigenvalue weighted by Crippen LogP contribution is -2.15. The summed E-state index contributed by atoms with van der Waals surface area (Å²) in [6, 6.07) is 2.17. The van der Waals surface area contributed by atoms with Gasteiger partial charge in [0.15, 0.2) is 0 Å². The number of hydrogen-bond donors (Lipinski definition) is 0. The first-order chi connectivity index (χ1) is 5.02. The van der Waals surface area contributed by atoms with Gasteiger partial charge in [-0.2, -0.15) is 5.26 Å². The van der Waals surface area contributed by atoms with Crippen molar-refractivity contribution in [2.75, 3.05) is 0 Å². The van der Waals surface area contributed by atoms with Crippen LogP contribution in [-0.2, 0) is 0 Å². The van der Waals surface area contributed by atoms with Crippen LogP contribution in [0.25, 0.3) is 4.85 Å². The van der Waals surface area contributed by atoms with Gasteiger partial charge in [-0.25, -0.2) is 6.57 Å². The fraction of sp³-hybridized carbons (Fsp3) is 0.778. The summed E-state index contributed by atoms with van der Waals surface area (Å²) in [5.74, 6) is 0. The second-order valence-electron chi connectivity index (χ2n) is 3.68. The average molecular weight is 150 g/mol. The van der Waals surface area contributed by atoms with Gasteiger partial charge in [-0.05, 0) is 5.41 Å². The highest BCUT2D eigenvalue weighted by molar-refractivity contribution is 4.87. The van der Waals surface area contributed by atoms with E-state index in [0.29, 0.717) is 6.42 Å². The molecule has 11 heavy (non-hydrogen) atoms. The number of rotatable bonds is 3. The SMILES string of the molecule is [C-]#[N+]C(C)CC(C)(C)CC#N. The zero-order valence-electron chi connectivity index (χ0n) is 7.39. The van der Waals surface area contributed by atoms with Crippen LogP contribution in [-0.4, -0.2) is 6.04 Å². The Labute approximate surface area is 68.7 Å². The van der Waals surface area contributed by atoms with E-state index in [-0.39, 0.29) is 11.5 Å². The first-order valence-electron chi connectivity index (χ1n) is 3.75. The van der Waals surface area contributed by atoms with Gasteiger partial charge < -0.3 is 4.85 Å². The Morgan fingerprint density at radius 1 is 1.64 bits per heavy atom. The maximum atomic E-state index is 8.46. The smallest absolute Gasteiger partial charge is 0.221 e. The van der Waals surface area contributed by atoms with Crippen LogP contribution in [0.2, 0.25) is 0 Å². The topological polar surface area (TPSA) is 28.1 Å². The van der Waals surface area contributed by atoms with Crippen molar-refractivity contribution in [1.82, 2.24) is 0 Å². The number of nitriles is 1. The van der Waals surface area contributed by atoms with Crippen molar-refractivity contribution in [2.24, 2.45) is 5.41 Å². The van der Waals surface area contributed by atoms with E-state index in [4.69, 9.17) is 11.8 Å².